The Kier molecular flexibility index (Phi) is 5.21. The van der Waals surface area contributed by atoms with Crippen LogP contribution in [0.3, 0.4) is 0 Å². The lowest BCUT2D eigenvalue weighted by atomic mass is 10.0. The van der Waals surface area contributed by atoms with Gasteiger partial charge in [0.2, 0.25) is 0 Å². The zero-order valence-electron chi connectivity index (χ0n) is 15.8. The van der Waals surface area contributed by atoms with Gasteiger partial charge in [-0.2, -0.15) is 0 Å². The van der Waals surface area contributed by atoms with Crippen molar-refractivity contribution in [2.75, 3.05) is 11.9 Å². The predicted octanol–water partition coefficient (Wildman–Crippen LogP) is 2.83. The van der Waals surface area contributed by atoms with Crippen LogP contribution in [0, 0.1) is 0 Å². The number of esters is 2. The summed E-state index contributed by atoms with van der Waals surface area (Å²) in [6.07, 6.45) is 4.32. The zero-order chi connectivity index (χ0) is 19.6. The molecule has 1 unspecified atom stereocenters. The Hall–Kier alpha value is -2.83. The number of amides is 1. The molecule has 0 spiro atoms. The number of benzene rings is 1. The van der Waals surface area contributed by atoms with E-state index in [0.29, 0.717) is 11.3 Å². The first-order valence-corrected chi connectivity index (χ1v) is 9.12. The highest BCUT2D eigenvalue weighted by Gasteiger charge is 2.39. The van der Waals surface area contributed by atoms with Gasteiger partial charge < -0.3 is 19.7 Å². The van der Waals surface area contributed by atoms with E-state index in [-0.39, 0.29) is 17.5 Å². The number of hydrogen-bond acceptors (Lipinski definition) is 6. The fourth-order valence-corrected chi connectivity index (χ4v) is 3.28. The van der Waals surface area contributed by atoms with E-state index in [1.807, 2.05) is 11.8 Å². The number of nitrogens with zero attached hydrogens (tertiary/aromatic N) is 1. The maximum Gasteiger partial charge on any atom is 0.350 e. The summed E-state index contributed by atoms with van der Waals surface area (Å²) in [6.45, 7) is 5.75. The molecule has 1 aromatic carbocycles. The Morgan fingerprint density at radius 3 is 2.52 bits per heavy atom. The number of ether oxygens (including phenoxy) is 2. The summed E-state index contributed by atoms with van der Waals surface area (Å²) < 4.78 is 10.1. The van der Waals surface area contributed by atoms with Crippen molar-refractivity contribution in [3.05, 3.63) is 41.6 Å². The second-order valence-electron chi connectivity index (χ2n) is 7.27. The monoisotopic (exact) mass is 372 g/mol. The number of piperidine rings is 1. The van der Waals surface area contributed by atoms with Gasteiger partial charge >= 0.3 is 11.9 Å². The molecule has 1 atom stereocenters. The first-order valence-electron chi connectivity index (χ1n) is 9.12. The summed E-state index contributed by atoms with van der Waals surface area (Å²) in [5.41, 5.74) is 0.752. The van der Waals surface area contributed by atoms with E-state index in [1.54, 1.807) is 24.3 Å². The van der Waals surface area contributed by atoms with E-state index in [0.717, 1.165) is 25.8 Å². The molecule has 7 heteroatoms. The smallest absolute Gasteiger partial charge is 0.350 e. The minimum absolute atomic E-state index is 0.0707. The summed E-state index contributed by atoms with van der Waals surface area (Å²) in [5.74, 6) is -2.89. The van der Waals surface area contributed by atoms with Crippen molar-refractivity contribution < 1.29 is 23.9 Å². The molecule has 0 bridgehead atoms. The fourth-order valence-electron chi connectivity index (χ4n) is 3.28. The maximum absolute atomic E-state index is 13.0. The average Bonchev–Trinajstić information content (AvgIpc) is 2.60. The molecule has 2 heterocycles. The summed E-state index contributed by atoms with van der Waals surface area (Å²) in [4.78, 5) is 38.9. The van der Waals surface area contributed by atoms with Crippen LogP contribution in [0.5, 0.6) is 0 Å². The number of nitrogens with one attached hydrogen (secondary N) is 1. The van der Waals surface area contributed by atoms with E-state index < -0.39 is 17.7 Å². The number of para-hydroxylation sites is 1. The molecule has 27 heavy (non-hydrogen) atoms. The van der Waals surface area contributed by atoms with Gasteiger partial charge in [-0.15, -0.1) is 0 Å². The molecule has 2 saturated heterocycles. The van der Waals surface area contributed by atoms with Crippen LogP contribution in [0.2, 0.25) is 0 Å². The third-order valence-electron chi connectivity index (χ3n) is 4.71. The largest absolute Gasteiger partial charge is 0.419 e. The Bertz CT molecular complexity index is 777. The number of hydrogen-bond donors (Lipinski definition) is 1. The standard InChI is InChI=1S/C20H24N2O5/c1-13-8-6-7-11-22(13)17(23)14-9-4-5-10-16(14)21-12-15-18(24)26-20(2,3)27-19(15)25/h4-5,9-10,12-13,21H,6-8,11H2,1-3H3. The highest BCUT2D eigenvalue weighted by atomic mass is 16.7. The minimum Gasteiger partial charge on any atom is -0.419 e. The maximum atomic E-state index is 13.0. The SMILES string of the molecule is CC1CCCCN1C(=O)c1ccccc1NC=C1C(=O)OC(C)(C)OC1=O. The minimum atomic E-state index is -1.29. The molecule has 2 aliphatic heterocycles. The molecular formula is C20H24N2O5. The van der Waals surface area contributed by atoms with Gasteiger partial charge in [0.05, 0.1) is 11.3 Å². The van der Waals surface area contributed by atoms with E-state index in [9.17, 15) is 14.4 Å². The molecule has 3 rings (SSSR count). The molecular weight excluding hydrogens is 348 g/mol. The summed E-state index contributed by atoms with van der Waals surface area (Å²) in [5, 5.41) is 2.89. The molecule has 144 valence electrons. The van der Waals surface area contributed by atoms with Crippen molar-refractivity contribution in [1.82, 2.24) is 4.90 Å². The Balaban J connectivity index is 1.81. The topological polar surface area (TPSA) is 84.9 Å². The Labute approximate surface area is 158 Å². The molecule has 0 radical (unpaired) electrons. The fraction of sp³-hybridized carbons (Fsp3) is 0.450. The third kappa shape index (κ3) is 4.13. The van der Waals surface area contributed by atoms with Crippen molar-refractivity contribution in [3.63, 3.8) is 0 Å². The van der Waals surface area contributed by atoms with Crippen LogP contribution in [0.1, 0.15) is 50.4 Å². The van der Waals surface area contributed by atoms with Crippen LogP contribution in [0.25, 0.3) is 0 Å². The second kappa shape index (κ2) is 7.42. The quantitative estimate of drug-likeness (QED) is 0.499. The molecule has 1 N–H and O–H groups in total. The number of carbonyl (C=O) groups excluding carboxylic acids is 3. The zero-order valence-corrected chi connectivity index (χ0v) is 15.8. The number of carbonyl (C=O) groups is 3. The Morgan fingerprint density at radius 2 is 1.85 bits per heavy atom. The van der Waals surface area contributed by atoms with Gasteiger partial charge in [-0.05, 0) is 38.3 Å². The molecule has 0 saturated carbocycles. The third-order valence-corrected chi connectivity index (χ3v) is 4.71. The molecule has 2 aliphatic rings. The van der Waals surface area contributed by atoms with Gasteiger partial charge in [-0.3, -0.25) is 4.79 Å². The second-order valence-corrected chi connectivity index (χ2v) is 7.27. The van der Waals surface area contributed by atoms with Crippen LogP contribution in [-0.2, 0) is 19.1 Å². The van der Waals surface area contributed by atoms with Crippen molar-refractivity contribution in [2.45, 2.75) is 51.9 Å². The van der Waals surface area contributed by atoms with Gasteiger partial charge in [0.25, 0.3) is 11.7 Å². The number of rotatable bonds is 3. The van der Waals surface area contributed by atoms with E-state index in [1.165, 1.54) is 20.0 Å². The number of cyclic esters (lactones) is 2. The van der Waals surface area contributed by atoms with E-state index in [4.69, 9.17) is 9.47 Å². The van der Waals surface area contributed by atoms with Gasteiger partial charge in [-0.1, -0.05) is 12.1 Å². The Morgan fingerprint density at radius 1 is 1.19 bits per heavy atom. The molecule has 1 amide bonds. The van der Waals surface area contributed by atoms with Crippen LogP contribution >= 0.6 is 0 Å². The molecule has 1 aromatic rings. The predicted molar refractivity (Wildman–Crippen MR) is 98.8 cm³/mol. The highest BCUT2D eigenvalue weighted by molar-refractivity contribution is 6.15. The number of likely N-dealkylation sites (tertiary alicyclic amines) is 1. The van der Waals surface area contributed by atoms with Gasteiger partial charge in [-0.25, -0.2) is 9.59 Å². The summed E-state index contributed by atoms with van der Waals surface area (Å²) in [7, 11) is 0. The first kappa shape index (κ1) is 18.9. The van der Waals surface area contributed by atoms with Crippen molar-refractivity contribution in [1.29, 1.82) is 0 Å². The summed E-state index contributed by atoms with van der Waals surface area (Å²) >= 11 is 0. The van der Waals surface area contributed by atoms with E-state index >= 15 is 0 Å². The van der Waals surface area contributed by atoms with Crippen LogP contribution < -0.4 is 5.32 Å². The van der Waals surface area contributed by atoms with Crippen molar-refractivity contribution >= 4 is 23.5 Å². The molecule has 7 nitrogen and oxygen atoms in total. The van der Waals surface area contributed by atoms with E-state index in [2.05, 4.69) is 5.32 Å². The van der Waals surface area contributed by atoms with Crippen molar-refractivity contribution in [3.8, 4) is 0 Å². The molecule has 2 fully saturated rings. The van der Waals surface area contributed by atoms with Crippen LogP contribution in [0.4, 0.5) is 5.69 Å². The lowest BCUT2D eigenvalue weighted by Crippen LogP contribution is -2.42. The lowest BCUT2D eigenvalue weighted by Gasteiger charge is -2.34. The summed E-state index contributed by atoms with van der Waals surface area (Å²) in [6, 6.07) is 7.19. The molecule has 0 aromatic heterocycles. The van der Waals surface area contributed by atoms with Crippen molar-refractivity contribution in [2.24, 2.45) is 0 Å². The van der Waals surface area contributed by atoms with Gasteiger partial charge in [0, 0.05) is 32.6 Å². The molecule has 0 aliphatic carbocycles. The highest BCUT2D eigenvalue weighted by Crippen LogP contribution is 2.25. The van der Waals surface area contributed by atoms with Gasteiger partial charge in [0.1, 0.15) is 0 Å². The normalized spacial score (nSPS) is 22.0. The van der Waals surface area contributed by atoms with Gasteiger partial charge in [0.15, 0.2) is 5.57 Å². The van der Waals surface area contributed by atoms with Crippen LogP contribution in [-0.4, -0.2) is 41.1 Å². The average molecular weight is 372 g/mol. The lowest BCUT2D eigenvalue weighted by molar-refractivity contribution is -0.222. The van der Waals surface area contributed by atoms with Crippen LogP contribution in [0.15, 0.2) is 36.0 Å². The number of anilines is 1. The first-order chi connectivity index (χ1) is 12.8.